The number of benzene rings is 4. The second-order valence-corrected chi connectivity index (χ2v) is 10.3. The number of rotatable bonds is 6. The summed E-state index contributed by atoms with van der Waals surface area (Å²) in [4.78, 5) is 32.4. The van der Waals surface area contributed by atoms with Crippen LogP contribution in [0.2, 0.25) is 10.0 Å². The Kier molecular flexibility index (Phi) is 7.08. The van der Waals surface area contributed by atoms with Gasteiger partial charge >= 0.3 is 0 Å². The van der Waals surface area contributed by atoms with E-state index in [9.17, 15) is 9.59 Å². The van der Waals surface area contributed by atoms with Crippen LogP contribution in [0, 0.1) is 0 Å². The van der Waals surface area contributed by atoms with E-state index in [0.29, 0.717) is 27.0 Å². The molecule has 0 unspecified atom stereocenters. The van der Waals surface area contributed by atoms with E-state index >= 15 is 0 Å². The molecule has 0 bridgehead atoms. The molecule has 0 saturated carbocycles. The molecule has 0 atom stereocenters. The first-order valence-electron chi connectivity index (χ1n) is 12.6. The molecule has 4 aromatic carbocycles. The average molecular weight is 565 g/mol. The minimum Gasteiger partial charge on any atom is -0.482 e. The monoisotopic (exact) mass is 564 g/mol. The predicted octanol–water partition coefficient (Wildman–Crippen LogP) is 8.00. The zero-order valence-corrected chi connectivity index (χ0v) is 22.7. The van der Waals surface area contributed by atoms with Gasteiger partial charge in [-0.25, -0.2) is 4.98 Å². The molecule has 40 heavy (non-hydrogen) atoms. The maximum atomic E-state index is 13.1. The van der Waals surface area contributed by atoms with Gasteiger partial charge in [-0.2, -0.15) is 0 Å². The smallest absolute Gasteiger partial charge is 0.265 e. The lowest BCUT2D eigenvalue weighted by Gasteiger charge is -2.29. The lowest BCUT2D eigenvalue weighted by atomic mass is 9.99. The summed E-state index contributed by atoms with van der Waals surface area (Å²) in [7, 11) is 0. The van der Waals surface area contributed by atoms with Crippen LogP contribution in [0.4, 0.5) is 5.69 Å². The van der Waals surface area contributed by atoms with Crippen LogP contribution < -0.4 is 9.64 Å². The second kappa shape index (κ2) is 11.0. The summed E-state index contributed by atoms with van der Waals surface area (Å²) in [6.07, 6.45) is 0. The van der Waals surface area contributed by atoms with Crippen molar-refractivity contribution in [2.45, 2.75) is 0 Å². The highest BCUT2D eigenvalue weighted by Crippen LogP contribution is 2.38. The summed E-state index contributed by atoms with van der Waals surface area (Å²) >= 11 is 12.1. The molecular formula is C33H22Cl2N2O3. The second-order valence-electron chi connectivity index (χ2n) is 9.38. The Hall–Kier alpha value is -4.45. The average Bonchev–Trinajstić information content (AvgIpc) is 2.99. The minimum absolute atomic E-state index is 0.117. The molecule has 0 spiro atoms. The van der Waals surface area contributed by atoms with E-state index in [1.807, 2.05) is 84.9 Å². The molecule has 6 rings (SSSR count). The largest absolute Gasteiger partial charge is 0.482 e. The van der Waals surface area contributed by atoms with Gasteiger partial charge in [-0.1, -0.05) is 65.7 Å². The molecule has 0 N–H and O–H groups in total. The molecule has 0 fully saturated rings. The first-order valence-corrected chi connectivity index (χ1v) is 13.4. The third-order valence-electron chi connectivity index (χ3n) is 6.74. The van der Waals surface area contributed by atoms with Crippen LogP contribution in [0.3, 0.4) is 0 Å². The number of pyridine rings is 1. The highest BCUT2D eigenvalue weighted by atomic mass is 35.5. The Morgan fingerprint density at radius 2 is 1.35 bits per heavy atom. The summed E-state index contributed by atoms with van der Waals surface area (Å²) in [6, 6.07) is 33.9. The van der Waals surface area contributed by atoms with Crippen LogP contribution in [0.1, 0.15) is 10.4 Å². The highest BCUT2D eigenvalue weighted by molar-refractivity contribution is 6.31. The number of amides is 1. The van der Waals surface area contributed by atoms with Crippen molar-refractivity contribution in [1.82, 2.24) is 4.98 Å². The van der Waals surface area contributed by atoms with Crippen molar-refractivity contribution in [3.8, 4) is 39.4 Å². The van der Waals surface area contributed by atoms with Gasteiger partial charge in [0.1, 0.15) is 5.75 Å². The van der Waals surface area contributed by atoms with E-state index in [1.54, 1.807) is 24.3 Å². The number of ketones is 1. The number of hydrogen-bond donors (Lipinski definition) is 0. The molecule has 1 aliphatic heterocycles. The first kappa shape index (κ1) is 25.8. The molecule has 0 saturated heterocycles. The van der Waals surface area contributed by atoms with Crippen LogP contribution >= 0.6 is 23.2 Å². The standard InChI is InChI=1S/C33H22Cl2N2O3/c34-26-11-6-21(7-12-26)25-16-28(22-4-2-1-3-5-22)36-29(17-25)24-10-15-32-30(18-24)37(33(39)20-40-32)19-31(38)23-8-13-27(35)14-9-23/h1-18H,19-20H2. The first-order chi connectivity index (χ1) is 19.4. The number of hydrogen-bond acceptors (Lipinski definition) is 4. The number of anilines is 1. The van der Waals surface area contributed by atoms with Crippen LogP contribution in [0.15, 0.2) is 109 Å². The number of ether oxygens (including phenoxy) is 1. The molecule has 196 valence electrons. The van der Waals surface area contributed by atoms with Gasteiger partial charge in [0.25, 0.3) is 5.91 Å². The van der Waals surface area contributed by atoms with Gasteiger partial charge in [-0.15, -0.1) is 0 Å². The van der Waals surface area contributed by atoms with E-state index in [4.69, 9.17) is 32.9 Å². The fourth-order valence-corrected chi connectivity index (χ4v) is 4.90. The summed E-state index contributed by atoms with van der Waals surface area (Å²) in [6.45, 7) is -0.253. The fraction of sp³-hybridized carbons (Fsp3) is 0.0606. The van der Waals surface area contributed by atoms with Crippen LogP contribution in [0.5, 0.6) is 5.75 Å². The van der Waals surface area contributed by atoms with E-state index in [2.05, 4.69) is 0 Å². The van der Waals surface area contributed by atoms with Gasteiger partial charge in [0.2, 0.25) is 0 Å². The van der Waals surface area contributed by atoms with Crippen molar-refractivity contribution in [3.05, 3.63) is 125 Å². The topological polar surface area (TPSA) is 59.5 Å². The lowest BCUT2D eigenvalue weighted by molar-refractivity contribution is -0.121. The highest BCUT2D eigenvalue weighted by Gasteiger charge is 2.28. The SMILES string of the molecule is O=C(CN1C(=O)COc2ccc(-c3cc(-c4ccc(Cl)cc4)cc(-c4ccccc4)n3)cc21)c1ccc(Cl)cc1. The third kappa shape index (κ3) is 5.34. The molecule has 2 heterocycles. The van der Waals surface area contributed by atoms with E-state index < -0.39 is 0 Å². The molecular weight excluding hydrogens is 543 g/mol. The molecule has 0 aliphatic carbocycles. The van der Waals surface area contributed by atoms with Crippen molar-refractivity contribution < 1.29 is 14.3 Å². The fourth-order valence-electron chi connectivity index (χ4n) is 4.65. The summed E-state index contributed by atoms with van der Waals surface area (Å²) < 4.78 is 5.70. The van der Waals surface area contributed by atoms with Crippen molar-refractivity contribution >= 4 is 40.6 Å². The molecule has 1 aliphatic rings. The van der Waals surface area contributed by atoms with Crippen LogP contribution in [-0.4, -0.2) is 29.8 Å². The maximum Gasteiger partial charge on any atom is 0.265 e. The zero-order valence-electron chi connectivity index (χ0n) is 21.2. The van der Waals surface area contributed by atoms with Crippen LogP contribution in [-0.2, 0) is 4.79 Å². The summed E-state index contributed by atoms with van der Waals surface area (Å²) in [5.74, 6) is 0.0432. The Morgan fingerprint density at radius 3 is 2.05 bits per heavy atom. The van der Waals surface area contributed by atoms with Crippen molar-refractivity contribution in [3.63, 3.8) is 0 Å². The predicted molar refractivity (Wildman–Crippen MR) is 159 cm³/mol. The molecule has 1 aromatic heterocycles. The van der Waals surface area contributed by atoms with Crippen molar-refractivity contribution in [2.24, 2.45) is 0 Å². The van der Waals surface area contributed by atoms with E-state index in [-0.39, 0.29) is 24.8 Å². The number of carbonyl (C=O) groups is 2. The maximum absolute atomic E-state index is 13.1. The molecule has 7 heteroatoms. The van der Waals surface area contributed by atoms with Gasteiger partial charge in [-0.05, 0) is 77.9 Å². The van der Waals surface area contributed by atoms with Crippen molar-refractivity contribution in [2.75, 3.05) is 18.1 Å². The minimum atomic E-state index is -0.292. The van der Waals surface area contributed by atoms with E-state index in [0.717, 1.165) is 33.6 Å². The van der Waals surface area contributed by atoms with Gasteiger partial charge in [0.05, 0.1) is 23.6 Å². The Morgan fingerprint density at radius 1 is 0.725 bits per heavy atom. The quantitative estimate of drug-likeness (QED) is 0.196. The van der Waals surface area contributed by atoms with Gasteiger partial charge in [0.15, 0.2) is 12.4 Å². The summed E-state index contributed by atoms with van der Waals surface area (Å²) in [5.41, 5.74) is 6.26. The Balaban J connectivity index is 1.42. The Labute approximate surface area is 241 Å². The molecule has 0 radical (unpaired) electrons. The van der Waals surface area contributed by atoms with Gasteiger partial charge in [-0.3, -0.25) is 14.5 Å². The van der Waals surface area contributed by atoms with Crippen LogP contribution in [0.25, 0.3) is 33.6 Å². The van der Waals surface area contributed by atoms with E-state index in [1.165, 1.54) is 4.90 Å². The van der Waals surface area contributed by atoms with Gasteiger partial charge < -0.3 is 4.74 Å². The van der Waals surface area contributed by atoms with Crippen molar-refractivity contribution in [1.29, 1.82) is 0 Å². The molecule has 1 amide bonds. The number of aromatic nitrogens is 1. The lowest BCUT2D eigenvalue weighted by Crippen LogP contribution is -2.42. The Bertz CT molecular complexity index is 1720. The third-order valence-corrected chi connectivity index (χ3v) is 7.24. The number of halogens is 2. The molecule has 5 nitrogen and oxygen atoms in total. The number of fused-ring (bicyclic) bond motifs is 1. The molecule has 5 aromatic rings. The number of Topliss-reactive ketones (excluding diaryl/α,β-unsaturated/α-hetero) is 1. The van der Waals surface area contributed by atoms with Gasteiger partial charge in [0, 0.05) is 26.7 Å². The zero-order chi connectivity index (χ0) is 27.6. The summed E-state index contributed by atoms with van der Waals surface area (Å²) in [5, 5.41) is 1.20. The number of carbonyl (C=O) groups excluding carboxylic acids is 2. The number of nitrogens with zero attached hydrogens (tertiary/aromatic N) is 2. The normalized spacial score (nSPS) is 12.6.